The molecule has 0 radical (unpaired) electrons. The molecule has 0 aromatic heterocycles. The van der Waals surface area contributed by atoms with Crippen LogP contribution in [0.4, 0.5) is 0 Å². The van der Waals surface area contributed by atoms with E-state index in [4.69, 9.17) is 16.2 Å². The summed E-state index contributed by atoms with van der Waals surface area (Å²) in [6.45, 7) is 5.22. The summed E-state index contributed by atoms with van der Waals surface area (Å²) >= 11 is 0. The number of rotatable bonds is 10. The molecule has 1 atom stereocenters. The molecule has 37 heavy (non-hydrogen) atoms. The van der Waals surface area contributed by atoms with Gasteiger partial charge in [0.2, 0.25) is 5.91 Å². The molecule has 1 saturated heterocycles. The Balaban J connectivity index is 1.81. The van der Waals surface area contributed by atoms with Gasteiger partial charge in [0.25, 0.3) is 5.91 Å². The molecule has 2 aromatic carbocycles. The van der Waals surface area contributed by atoms with Crippen molar-refractivity contribution in [2.75, 3.05) is 19.6 Å². The number of carbonyl (C=O) groups is 3. The summed E-state index contributed by atoms with van der Waals surface area (Å²) < 4.78 is 0. The molecule has 1 aliphatic heterocycles. The molecule has 0 spiro atoms. The van der Waals surface area contributed by atoms with E-state index in [0.29, 0.717) is 37.1 Å². The molecule has 8 nitrogen and oxygen atoms in total. The SMILES string of the molecule is CC(C)C(CN(/C=C/c1ccccc1)C(=O)c1ccc(C(=N)N)cc1)C(=O)N1CCC(CC(=O)O)CC1. The van der Waals surface area contributed by atoms with Crippen molar-refractivity contribution < 1.29 is 19.5 Å². The van der Waals surface area contributed by atoms with Gasteiger partial charge >= 0.3 is 5.97 Å². The summed E-state index contributed by atoms with van der Waals surface area (Å²) in [4.78, 5) is 41.6. The first-order valence-corrected chi connectivity index (χ1v) is 12.6. The van der Waals surface area contributed by atoms with E-state index in [0.717, 1.165) is 5.56 Å². The molecule has 196 valence electrons. The van der Waals surface area contributed by atoms with Crippen LogP contribution in [-0.2, 0) is 9.59 Å². The standard InChI is InChI=1S/C29H36N4O4/c1-20(2)25(29(37)32-15-13-22(14-16-32)18-26(34)35)19-33(17-12-21-6-4-3-5-7-21)28(36)24-10-8-23(9-11-24)27(30)31/h3-12,17,20,22,25H,13-16,18-19H2,1-2H3,(H3,30,31)(H,34,35)/b17-12+. The van der Waals surface area contributed by atoms with Gasteiger partial charge in [0, 0.05) is 43.4 Å². The lowest BCUT2D eigenvalue weighted by Gasteiger charge is -2.36. The van der Waals surface area contributed by atoms with Crippen molar-refractivity contribution in [2.45, 2.75) is 33.1 Å². The van der Waals surface area contributed by atoms with E-state index in [-0.39, 0.29) is 42.5 Å². The lowest BCUT2D eigenvalue weighted by atomic mass is 9.89. The van der Waals surface area contributed by atoms with Crippen molar-refractivity contribution in [3.05, 3.63) is 77.5 Å². The van der Waals surface area contributed by atoms with Gasteiger partial charge in [-0.3, -0.25) is 19.8 Å². The molecule has 1 heterocycles. The minimum atomic E-state index is -0.805. The van der Waals surface area contributed by atoms with Crippen LogP contribution in [0.3, 0.4) is 0 Å². The number of carbonyl (C=O) groups excluding carboxylic acids is 2. The van der Waals surface area contributed by atoms with Gasteiger partial charge in [-0.25, -0.2) is 0 Å². The van der Waals surface area contributed by atoms with Gasteiger partial charge in [0.15, 0.2) is 0 Å². The van der Waals surface area contributed by atoms with Crippen LogP contribution in [0.1, 0.15) is 54.6 Å². The molecule has 2 amide bonds. The first kappa shape index (κ1) is 27.6. The normalized spacial score (nSPS) is 15.1. The second-order valence-electron chi connectivity index (χ2n) is 9.89. The zero-order chi connectivity index (χ0) is 26.9. The summed E-state index contributed by atoms with van der Waals surface area (Å²) in [5.41, 5.74) is 7.45. The van der Waals surface area contributed by atoms with Gasteiger partial charge in [-0.2, -0.15) is 0 Å². The zero-order valence-corrected chi connectivity index (χ0v) is 21.5. The predicted octanol–water partition coefficient (Wildman–Crippen LogP) is 4.07. The van der Waals surface area contributed by atoms with E-state index >= 15 is 0 Å². The number of benzene rings is 2. The number of nitrogens with two attached hydrogens (primary N) is 1. The fraction of sp³-hybridized carbons (Fsp3) is 0.379. The third-order valence-electron chi connectivity index (χ3n) is 6.86. The van der Waals surface area contributed by atoms with Crippen LogP contribution in [-0.4, -0.2) is 58.2 Å². The monoisotopic (exact) mass is 504 g/mol. The molecule has 1 fully saturated rings. The van der Waals surface area contributed by atoms with Crippen LogP contribution in [0.2, 0.25) is 0 Å². The van der Waals surface area contributed by atoms with Crippen LogP contribution in [0.5, 0.6) is 0 Å². The number of nitrogen functional groups attached to an aromatic ring is 1. The van der Waals surface area contributed by atoms with Crippen LogP contribution in [0.15, 0.2) is 60.8 Å². The molecule has 0 aliphatic carbocycles. The maximum Gasteiger partial charge on any atom is 0.303 e. The number of carboxylic acids is 1. The third-order valence-corrected chi connectivity index (χ3v) is 6.86. The Morgan fingerprint density at radius 1 is 1.05 bits per heavy atom. The molecular weight excluding hydrogens is 468 g/mol. The number of amidine groups is 1. The maximum absolute atomic E-state index is 13.6. The number of nitrogens with one attached hydrogen (secondary N) is 1. The lowest BCUT2D eigenvalue weighted by molar-refractivity contribution is -0.140. The number of carboxylic acid groups (broad SMARTS) is 1. The van der Waals surface area contributed by atoms with E-state index in [2.05, 4.69) is 0 Å². The quantitative estimate of drug-likeness (QED) is 0.332. The molecular formula is C29H36N4O4. The van der Waals surface area contributed by atoms with E-state index < -0.39 is 11.9 Å². The summed E-state index contributed by atoms with van der Waals surface area (Å²) in [6, 6.07) is 16.2. The number of amides is 2. The Morgan fingerprint density at radius 3 is 2.19 bits per heavy atom. The number of likely N-dealkylation sites (tertiary alicyclic amines) is 1. The highest BCUT2D eigenvalue weighted by Crippen LogP contribution is 2.25. The van der Waals surface area contributed by atoms with Crippen LogP contribution in [0.25, 0.3) is 6.08 Å². The van der Waals surface area contributed by atoms with Gasteiger partial charge < -0.3 is 20.6 Å². The largest absolute Gasteiger partial charge is 0.481 e. The minimum absolute atomic E-state index is 0.00948. The highest BCUT2D eigenvalue weighted by molar-refractivity contribution is 5.98. The Kier molecular flexibility index (Phi) is 9.60. The Bertz CT molecular complexity index is 1120. The number of aliphatic carboxylic acids is 1. The molecule has 0 saturated carbocycles. The zero-order valence-electron chi connectivity index (χ0n) is 21.5. The van der Waals surface area contributed by atoms with E-state index in [1.165, 1.54) is 0 Å². The predicted molar refractivity (Wildman–Crippen MR) is 144 cm³/mol. The molecule has 1 aliphatic rings. The molecule has 3 rings (SSSR count). The second-order valence-corrected chi connectivity index (χ2v) is 9.89. The van der Waals surface area contributed by atoms with Gasteiger partial charge in [-0.15, -0.1) is 0 Å². The number of piperidine rings is 1. The van der Waals surface area contributed by atoms with Crippen LogP contribution in [0, 0.1) is 23.2 Å². The fourth-order valence-corrected chi connectivity index (χ4v) is 4.53. The molecule has 4 N–H and O–H groups in total. The highest BCUT2D eigenvalue weighted by atomic mass is 16.4. The Morgan fingerprint density at radius 2 is 1.65 bits per heavy atom. The van der Waals surface area contributed by atoms with Crippen LogP contribution >= 0.6 is 0 Å². The average Bonchev–Trinajstić information content (AvgIpc) is 2.88. The Labute approximate surface area is 218 Å². The van der Waals surface area contributed by atoms with E-state index in [1.54, 1.807) is 35.4 Å². The second kappa shape index (κ2) is 12.9. The van der Waals surface area contributed by atoms with Gasteiger partial charge in [0.1, 0.15) is 5.84 Å². The maximum atomic E-state index is 13.6. The van der Waals surface area contributed by atoms with Crippen molar-refractivity contribution in [1.29, 1.82) is 5.41 Å². The lowest BCUT2D eigenvalue weighted by Crippen LogP contribution is -2.47. The summed E-state index contributed by atoms with van der Waals surface area (Å²) in [6.07, 6.45) is 5.04. The number of hydrogen-bond donors (Lipinski definition) is 3. The number of hydrogen-bond acceptors (Lipinski definition) is 4. The fourth-order valence-electron chi connectivity index (χ4n) is 4.53. The summed E-state index contributed by atoms with van der Waals surface area (Å²) in [7, 11) is 0. The minimum Gasteiger partial charge on any atom is -0.481 e. The Hall–Kier alpha value is -3.94. The van der Waals surface area contributed by atoms with Gasteiger partial charge in [0.05, 0.1) is 5.92 Å². The van der Waals surface area contributed by atoms with Gasteiger partial charge in [-0.1, -0.05) is 56.3 Å². The van der Waals surface area contributed by atoms with E-state index in [1.807, 2.05) is 55.2 Å². The van der Waals surface area contributed by atoms with Crippen molar-refractivity contribution in [1.82, 2.24) is 9.80 Å². The topological polar surface area (TPSA) is 128 Å². The van der Waals surface area contributed by atoms with E-state index in [9.17, 15) is 14.4 Å². The molecule has 1 unspecified atom stereocenters. The summed E-state index contributed by atoms with van der Waals surface area (Å²) in [5, 5.41) is 16.7. The van der Waals surface area contributed by atoms with Crippen molar-refractivity contribution in [2.24, 2.45) is 23.5 Å². The summed E-state index contributed by atoms with van der Waals surface area (Å²) in [5.74, 6) is -1.48. The molecule has 0 bridgehead atoms. The first-order valence-electron chi connectivity index (χ1n) is 12.6. The molecule has 2 aromatic rings. The van der Waals surface area contributed by atoms with Crippen molar-refractivity contribution >= 4 is 29.7 Å². The first-order chi connectivity index (χ1) is 17.7. The molecule has 8 heteroatoms. The van der Waals surface area contributed by atoms with Crippen LogP contribution < -0.4 is 5.73 Å². The highest BCUT2D eigenvalue weighted by Gasteiger charge is 2.32. The third kappa shape index (κ3) is 7.77. The average molecular weight is 505 g/mol. The smallest absolute Gasteiger partial charge is 0.303 e. The van der Waals surface area contributed by atoms with Gasteiger partial charge in [-0.05, 0) is 48.4 Å². The van der Waals surface area contributed by atoms with Crippen molar-refractivity contribution in [3.63, 3.8) is 0 Å². The van der Waals surface area contributed by atoms with Crippen molar-refractivity contribution in [3.8, 4) is 0 Å². The number of nitrogens with zero attached hydrogens (tertiary/aromatic N) is 2.